The fraction of sp³-hybridized carbons (Fsp3) is 0.533. The molecule has 1 aromatic rings. The lowest BCUT2D eigenvalue weighted by Crippen LogP contribution is -2.52. The summed E-state index contributed by atoms with van der Waals surface area (Å²) in [6, 6.07) is 5.44. The fourth-order valence-corrected chi connectivity index (χ4v) is 2.55. The van der Waals surface area contributed by atoms with E-state index in [0.717, 1.165) is 25.1 Å². The van der Waals surface area contributed by atoms with Gasteiger partial charge >= 0.3 is 6.03 Å². The third-order valence-corrected chi connectivity index (χ3v) is 3.59. The molecule has 2 heterocycles. The van der Waals surface area contributed by atoms with Crippen LogP contribution in [-0.4, -0.2) is 41.0 Å². The molecule has 1 aliphatic rings. The number of urea groups is 1. The van der Waals surface area contributed by atoms with Crippen LogP contribution in [-0.2, 0) is 4.79 Å². The van der Waals surface area contributed by atoms with Gasteiger partial charge in [0.15, 0.2) is 0 Å². The van der Waals surface area contributed by atoms with Crippen molar-refractivity contribution in [2.24, 2.45) is 0 Å². The predicted molar refractivity (Wildman–Crippen MR) is 79.6 cm³/mol. The monoisotopic (exact) mass is 290 g/mol. The lowest BCUT2D eigenvalue weighted by Gasteiger charge is -2.33. The summed E-state index contributed by atoms with van der Waals surface area (Å²) in [5.41, 5.74) is 0.835. The number of pyridine rings is 1. The molecular weight excluding hydrogens is 268 g/mol. The Balaban J connectivity index is 1.89. The number of carbonyl (C=O) groups excluding carboxylic acids is 2. The van der Waals surface area contributed by atoms with Crippen molar-refractivity contribution in [3.63, 3.8) is 0 Å². The van der Waals surface area contributed by atoms with Crippen LogP contribution < -0.4 is 10.6 Å². The quantitative estimate of drug-likeness (QED) is 0.885. The lowest BCUT2D eigenvalue weighted by atomic mass is 10.1. The van der Waals surface area contributed by atoms with Crippen molar-refractivity contribution in [1.82, 2.24) is 20.5 Å². The van der Waals surface area contributed by atoms with Crippen LogP contribution in [0.3, 0.4) is 0 Å². The molecule has 0 saturated carbocycles. The van der Waals surface area contributed by atoms with Crippen LogP contribution >= 0.6 is 0 Å². The molecule has 2 N–H and O–H groups in total. The lowest BCUT2D eigenvalue weighted by molar-refractivity contribution is -0.119. The van der Waals surface area contributed by atoms with Gasteiger partial charge in [-0.1, -0.05) is 6.07 Å². The summed E-state index contributed by atoms with van der Waals surface area (Å²) < 4.78 is 0. The van der Waals surface area contributed by atoms with Crippen LogP contribution in [0.2, 0.25) is 0 Å². The van der Waals surface area contributed by atoms with E-state index >= 15 is 0 Å². The van der Waals surface area contributed by atoms with Crippen molar-refractivity contribution in [2.45, 2.75) is 38.8 Å². The van der Waals surface area contributed by atoms with Crippen LogP contribution in [0.25, 0.3) is 0 Å². The predicted octanol–water partition coefficient (Wildman–Crippen LogP) is 1.45. The number of nitrogens with zero attached hydrogens (tertiary/aromatic N) is 2. The molecule has 21 heavy (non-hydrogen) atoms. The summed E-state index contributed by atoms with van der Waals surface area (Å²) in [5, 5.41) is 5.83. The van der Waals surface area contributed by atoms with Gasteiger partial charge in [0.25, 0.3) is 0 Å². The fourth-order valence-electron chi connectivity index (χ4n) is 2.55. The Bertz CT molecular complexity index is 492. The number of amides is 3. The molecule has 0 unspecified atom stereocenters. The average molecular weight is 290 g/mol. The van der Waals surface area contributed by atoms with Crippen molar-refractivity contribution in [3.05, 3.63) is 30.1 Å². The maximum atomic E-state index is 12.3. The van der Waals surface area contributed by atoms with Gasteiger partial charge in [0.1, 0.15) is 0 Å². The topological polar surface area (TPSA) is 74.3 Å². The van der Waals surface area contributed by atoms with Crippen LogP contribution in [0.5, 0.6) is 0 Å². The Morgan fingerprint density at radius 1 is 1.43 bits per heavy atom. The highest BCUT2D eigenvalue weighted by Crippen LogP contribution is 2.13. The molecule has 1 aliphatic heterocycles. The van der Waals surface area contributed by atoms with Crippen molar-refractivity contribution in [1.29, 1.82) is 0 Å². The van der Waals surface area contributed by atoms with E-state index in [4.69, 9.17) is 0 Å². The van der Waals surface area contributed by atoms with Crippen LogP contribution in [0, 0.1) is 0 Å². The zero-order valence-corrected chi connectivity index (χ0v) is 12.5. The second-order valence-electron chi connectivity index (χ2n) is 5.41. The summed E-state index contributed by atoms with van der Waals surface area (Å²) >= 11 is 0. The van der Waals surface area contributed by atoms with E-state index in [0.29, 0.717) is 6.54 Å². The molecule has 0 radical (unpaired) electrons. The highest BCUT2D eigenvalue weighted by molar-refractivity contribution is 5.75. The van der Waals surface area contributed by atoms with E-state index in [1.54, 1.807) is 11.1 Å². The molecule has 0 spiro atoms. The van der Waals surface area contributed by atoms with Gasteiger partial charge in [0.2, 0.25) is 5.91 Å². The Morgan fingerprint density at radius 3 is 2.90 bits per heavy atom. The molecule has 0 aromatic carbocycles. The third-order valence-electron chi connectivity index (χ3n) is 3.59. The number of carbonyl (C=O) groups is 2. The Labute approximate surface area is 124 Å². The maximum absolute atomic E-state index is 12.3. The Hall–Kier alpha value is -2.11. The minimum absolute atomic E-state index is 0.0483. The third kappa shape index (κ3) is 4.44. The molecule has 3 amide bonds. The standard InChI is InChI=1S/C15H22N4O2/c1-11(14-7-3-4-8-16-14)17-15(21)19-9-5-6-13(10-19)18-12(2)20/h3-4,7-8,11,13H,5-6,9-10H2,1-2H3,(H,17,21)(H,18,20)/t11-,13-/m1/s1. The van der Waals surface area contributed by atoms with Gasteiger partial charge in [-0.15, -0.1) is 0 Å². The summed E-state index contributed by atoms with van der Waals surface area (Å²) in [4.78, 5) is 29.4. The number of rotatable bonds is 3. The second-order valence-corrected chi connectivity index (χ2v) is 5.41. The highest BCUT2D eigenvalue weighted by atomic mass is 16.2. The molecule has 2 atom stereocenters. The van der Waals surface area contributed by atoms with Gasteiger partial charge in [-0.3, -0.25) is 9.78 Å². The number of hydrogen-bond donors (Lipinski definition) is 2. The number of piperidine rings is 1. The zero-order valence-electron chi connectivity index (χ0n) is 12.5. The van der Waals surface area contributed by atoms with Gasteiger partial charge < -0.3 is 15.5 Å². The first-order chi connectivity index (χ1) is 10.1. The molecular formula is C15H22N4O2. The number of nitrogens with one attached hydrogen (secondary N) is 2. The molecule has 1 saturated heterocycles. The summed E-state index contributed by atoms with van der Waals surface area (Å²) in [6.45, 7) is 4.69. The van der Waals surface area contributed by atoms with Crippen LogP contribution in [0.4, 0.5) is 4.79 Å². The van der Waals surface area contributed by atoms with Crippen molar-refractivity contribution < 1.29 is 9.59 Å². The van der Waals surface area contributed by atoms with Gasteiger partial charge in [-0.05, 0) is 31.9 Å². The van der Waals surface area contributed by atoms with Gasteiger partial charge in [-0.2, -0.15) is 0 Å². The molecule has 0 bridgehead atoms. The molecule has 1 aromatic heterocycles. The normalized spacial score (nSPS) is 19.7. The average Bonchev–Trinajstić information content (AvgIpc) is 2.47. The van der Waals surface area contributed by atoms with E-state index in [1.807, 2.05) is 25.1 Å². The second kappa shape index (κ2) is 7.06. The van der Waals surface area contributed by atoms with E-state index in [2.05, 4.69) is 15.6 Å². The van der Waals surface area contributed by atoms with Gasteiger partial charge in [0.05, 0.1) is 11.7 Å². The first-order valence-corrected chi connectivity index (χ1v) is 7.29. The number of hydrogen-bond acceptors (Lipinski definition) is 3. The molecule has 1 fully saturated rings. The highest BCUT2D eigenvalue weighted by Gasteiger charge is 2.25. The maximum Gasteiger partial charge on any atom is 0.317 e. The Morgan fingerprint density at radius 2 is 2.24 bits per heavy atom. The smallest absolute Gasteiger partial charge is 0.317 e. The van der Waals surface area contributed by atoms with E-state index in [-0.39, 0.29) is 24.0 Å². The van der Waals surface area contributed by atoms with Gasteiger partial charge in [-0.25, -0.2) is 4.79 Å². The first-order valence-electron chi connectivity index (χ1n) is 7.29. The first kappa shape index (κ1) is 15.3. The minimum atomic E-state index is -0.139. The van der Waals surface area contributed by atoms with Crippen molar-refractivity contribution in [2.75, 3.05) is 13.1 Å². The summed E-state index contributed by atoms with van der Waals surface area (Å²) in [6.07, 6.45) is 3.53. The number of aromatic nitrogens is 1. The van der Waals surface area contributed by atoms with Crippen LogP contribution in [0.15, 0.2) is 24.4 Å². The molecule has 0 aliphatic carbocycles. The zero-order chi connectivity index (χ0) is 15.2. The summed E-state index contributed by atoms with van der Waals surface area (Å²) in [5.74, 6) is -0.0517. The largest absolute Gasteiger partial charge is 0.352 e. The van der Waals surface area contributed by atoms with E-state index in [9.17, 15) is 9.59 Å². The van der Waals surface area contributed by atoms with Crippen molar-refractivity contribution in [3.8, 4) is 0 Å². The SMILES string of the molecule is CC(=O)N[C@@H]1CCCN(C(=O)N[C@H](C)c2ccccn2)C1. The molecule has 6 heteroatoms. The molecule has 114 valence electrons. The molecule has 6 nitrogen and oxygen atoms in total. The summed E-state index contributed by atoms with van der Waals surface area (Å²) in [7, 11) is 0. The Kier molecular flexibility index (Phi) is 5.14. The van der Waals surface area contributed by atoms with E-state index < -0.39 is 0 Å². The van der Waals surface area contributed by atoms with E-state index in [1.165, 1.54) is 6.92 Å². The van der Waals surface area contributed by atoms with Crippen molar-refractivity contribution >= 4 is 11.9 Å². The van der Waals surface area contributed by atoms with Crippen LogP contribution in [0.1, 0.15) is 38.4 Å². The minimum Gasteiger partial charge on any atom is -0.352 e. The number of likely N-dealkylation sites (tertiary alicyclic amines) is 1. The van der Waals surface area contributed by atoms with Gasteiger partial charge in [0, 0.05) is 32.3 Å². The molecule has 2 rings (SSSR count).